The van der Waals surface area contributed by atoms with Gasteiger partial charge in [0, 0.05) is 31.4 Å². The van der Waals surface area contributed by atoms with Crippen molar-refractivity contribution in [3.63, 3.8) is 0 Å². The summed E-state index contributed by atoms with van der Waals surface area (Å²) in [5.41, 5.74) is 0. The van der Waals surface area contributed by atoms with Crippen LogP contribution in [-0.4, -0.2) is 51.7 Å². The predicted octanol–water partition coefficient (Wildman–Crippen LogP) is 2.76. The molecule has 0 bridgehead atoms. The molecule has 1 amide bonds. The van der Waals surface area contributed by atoms with Crippen molar-refractivity contribution < 1.29 is 13.2 Å². The van der Waals surface area contributed by atoms with Crippen LogP contribution in [0.5, 0.6) is 0 Å². The van der Waals surface area contributed by atoms with Crippen LogP contribution in [0.15, 0.2) is 40.5 Å². The number of amides is 1. The molecule has 0 aliphatic carbocycles. The molecule has 0 saturated carbocycles. The molecule has 3 rings (SSSR count). The van der Waals surface area contributed by atoms with Gasteiger partial charge in [0.25, 0.3) is 0 Å². The zero-order valence-corrected chi connectivity index (χ0v) is 17.8. The van der Waals surface area contributed by atoms with E-state index in [9.17, 15) is 13.2 Å². The second kappa shape index (κ2) is 8.62. The highest BCUT2D eigenvalue weighted by Gasteiger charge is 2.27. The number of nitrogens with zero attached hydrogens (tertiary/aromatic N) is 4. The van der Waals surface area contributed by atoms with Crippen molar-refractivity contribution in [3.8, 4) is 0 Å². The van der Waals surface area contributed by atoms with Gasteiger partial charge in [0.1, 0.15) is 10.7 Å². The van der Waals surface area contributed by atoms with Crippen molar-refractivity contribution in [2.24, 2.45) is 0 Å². The van der Waals surface area contributed by atoms with Gasteiger partial charge < -0.3 is 5.32 Å². The number of carbonyl (C=O) groups is 1. The minimum absolute atomic E-state index is 0.139. The lowest BCUT2D eigenvalue weighted by Crippen LogP contribution is -2.28. The van der Waals surface area contributed by atoms with Crippen LogP contribution in [0.2, 0.25) is 0 Å². The smallest absolute Gasteiger partial charge is 0.244 e. The summed E-state index contributed by atoms with van der Waals surface area (Å²) in [5, 5.41) is 7.27. The molecular weight excluding hydrogens is 398 g/mol. The zero-order valence-electron chi connectivity index (χ0n) is 16.2. The summed E-state index contributed by atoms with van der Waals surface area (Å²) < 4.78 is 28.3. The fourth-order valence-electron chi connectivity index (χ4n) is 2.95. The molecule has 2 aromatic rings. The number of carbonyl (C=O) groups excluding carboxylic acids is 1. The Labute approximate surface area is 169 Å². The van der Waals surface area contributed by atoms with Crippen molar-refractivity contribution in [3.05, 3.63) is 30.6 Å². The number of pyridine rings is 1. The number of hydrogen-bond acceptors (Lipinski definition) is 6. The molecular formula is C18H25N5O3S2. The van der Waals surface area contributed by atoms with Crippen LogP contribution in [0.1, 0.15) is 39.7 Å². The predicted molar refractivity (Wildman–Crippen MR) is 109 cm³/mol. The normalized spacial score (nSPS) is 16.4. The molecule has 1 unspecified atom stereocenters. The van der Waals surface area contributed by atoms with Crippen molar-refractivity contribution >= 4 is 33.5 Å². The van der Waals surface area contributed by atoms with Gasteiger partial charge >= 0.3 is 0 Å². The first kappa shape index (κ1) is 20.8. The number of rotatable bonds is 7. The van der Waals surface area contributed by atoms with Gasteiger partial charge in [-0.15, -0.1) is 0 Å². The minimum atomic E-state index is -3.47. The van der Waals surface area contributed by atoms with E-state index in [-0.39, 0.29) is 16.8 Å². The zero-order chi connectivity index (χ0) is 20.3. The van der Waals surface area contributed by atoms with Gasteiger partial charge in [0.2, 0.25) is 15.9 Å². The second-order valence-corrected chi connectivity index (χ2v) is 10.2. The van der Waals surface area contributed by atoms with E-state index in [0.717, 1.165) is 12.8 Å². The van der Waals surface area contributed by atoms with Gasteiger partial charge in [-0.2, -0.15) is 9.40 Å². The summed E-state index contributed by atoms with van der Waals surface area (Å²) in [4.78, 5) is 16.9. The maximum absolute atomic E-state index is 12.5. The van der Waals surface area contributed by atoms with Crippen molar-refractivity contribution in [2.75, 3.05) is 18.4 Å². The molecule has 0 radical (unpaired) electrons. The van der Waals surface area contributed by atoms with Crippen molar-refractivity contribution in [2.45, 2.75) is 54.8 Å². The summed E-state index contributed by atoms with van der Waals surface area (Å²) in [6, 6.07) is 5.10. The van der Waals surface area contributed by atoms with E-state index in [1.54, 1.807) is 36.0 Å². The van der Waals surface area contributed by atoms with E-state index in [1.165, 1.54) is 22.3 Å². The fraction of sp³-hybridized carbons (Fsp3) is 0.500. The molecule has 1 fully saturated rings. The molecule has 8 nitrogen and oxygen atoms in total. The molecule has 152 valence electrons. The van der Waals surface area contributed by atoms with Crippen LogP contribution >= 0.6 is 11.8 Å². The Hall–Kier alpha value is -1.91. The molecule has 1 aliphatic rings. The maximum Gasteiger partial charge on any atom is 0.244 e. The minimum Gasteiger partial charge on any atom is -0.310 e. The monoisotopic (exact) mass is 423 g/mol. The third kappa shape index (κ3) is 4.56. The summed E-state index contributed by atoms with van der Waals surface area (Å²) in [7, 11) is -3.47. The lowest BCUT2D eigenvalue weighted by molar-refractivity contribution is -0.115. The average molecular weight is 424 g/mol. The first-order chi connectivity index (χ1) is 13.3. The molecule has 2 aromatic heterocycles. The van der Waals surface area contributed by atoms with Crippen LogP contribution in [0, 0.1) is 0 Å². The van der Waals surface area contributed by atoms with Crippen molar-refractivity contribution in [1.29, 1.82) is 0 Å². The highest BCUT2D eigenvalue weighted by atomic mass is 32.2. The van der Waals surface area contributed by atoms with E-state index < -0.39 is 15.3 Å². The Morgan fingerprint density at radius 2 is 1.89 bits per heavy atom. The molecule has 0 aromatic carbocycles. The SMILES string of the molecule is CC(Sc1ccc(S(=O)(=O)N2CCCC2)cn1)C(=O)Nc1ccnn1C(C)C. The lowest BCUT2D eigenvalue weighted by Gasteiger charge is -2.16. The van der Waals surface area contributed by atoms with E-state index >= 15 is 0 Å². The summed E-state index contributed by atoms with van der Waals surface area (Å²) in [5.74, 6) is 0.482. The molecule has 1 N–H and O–H groups in total. The molecule has 1 atom stereocenters. The van der Waals surface area contributed by atoms with E-state index in [1.807, 2.05) is 13.8 Å². The van der Waals surface area contributed by atoms with Crippen LogP contribution in [0.4, 0.5) is 5.82 Å². The number of nitrogens with one attached hydrogen (secondary N) is 1. The molecule has 1 aliphatic heterocycles. The summed E-state index contributed by atoms with van der Waals surface area (Å²) in [6.45, 7) is 6.88. The number of anilines is 1. The third-order valence-electron chi connectivity index (χ3n) is 4.49. The topological polar surface area (TPSA) is 97.2 Å². The highest BCUT2D eigenvalue weighted by molar-refractivity contribution is 8.00. The Kier molecular flexibility index (Phi) is 6.41. The molecule has 10 heteroatoms. The third-order valence-corrected chi connectivity index (χ3v) is 7.42. The fourth-order valence-corrected chi connectivity index (χ4v) is 5.21. The standard InChI is InChI=1S/C18H25N5O3S2/c1-13(2)23-16(8-9-20-23)21-18(24)14(3)27-17-7-6-15(12-19-17)28(25,26)22-10-4-5-11-22/h6-9,12-14H,4-5,10-11H2,1-3H3,(H,21,24). The average Bonchev–Trinajstić information content (AvgIpc) is 3.34. The number of aromatic nitrogens is 3. The summed E-state index contributed by atoms with van der Waals surface area (Å²) >= 11 is 1.28. The van der Waals surface area contributed by atoms with Gasteiger partial charge in [-0.05, 0) is 45.7 Å². The quantitative estimate of drug-likeness (QED) is 0.688. The highest BCUT2D eigenvalue weighted by Crippen LogP contribution is 2.25. The Bertz CT molecular complexity index is 919. The molecule has 0 spiro atoms. The maximum atomic E-state index is 12.5. The largest absolute Gasteiger partial charge is 0.310 e. The number of thioether (sulfide) groups is 1. The Morgan fingerprint density at radius 1 is 1.18 bits per heavy atom. The van der Waals surface area contributed by atoms with Crippen LogP contribution in [0.3, 0.4) is 0 Å². The number of hydrogen-bond donors (Lipinski definition) is 1. The van der Waals surface area contributed by atoms with Gasteiger partial charge in [0.05, 0.1) is 16.5 Å². The van der Waals surface area contributed by atoms with Gasteiger partial charge in [-0.25, -0.2) is 18.1 Å². The van der Waals surface area contributed by atoms with E-state index in [4.69, 9.17) is 0 Å². The van der Waals surface area contributed by atoms with Gasteiger partial charge in [0.15, 0.2) is 0 Å². The lowest BCUT2D eigenvalue weighted by atomic mass is 10.4. The number of sulfonamides is 1. The van der Waals surface area contributed by atoms with Gasteiger partial charge in [-0.1, -0.05) is 11.8 Å². The molecule has 3 heterocycles. The summed E-state index contributed by atoms with van der Waals surface area (Å²) in [6.07, 6.45) is 4.80. The molecule has 1 saturated heterocycles. The van der Waals surface area contributed by atoms with E-state index in [0.29, 0.717) is 23.9 Å². The Morgan fingerprint density at radius 3 is 2.50 bits per heavy atom. The van der Waals surface area contributed by atoms with E-state index in [2.05, 4.69) is 15.4 Å². The molecule has 28 heavy (non-hydrogen) atoms. The van der Waals surface area contributed by atoms with Crippen LogP contribution in [0.25, 0.3) is 0 Å². The van der Waals surface area contributed by atoms with Crippen molar-refractivity contribution in [1.82, 2.24) is 19.1 Å². The first-order valence-electron chi connectivity index (χ1n) is 9.26. The van der Waals surface area contributed by atoms with Crippen LogP contribution in [-0.2, 0) is 14.8 Å². The van der Waals surface area contributed by atoms with Crippen LogP contribution < -0.4 is 5.32 Å². The first-order valence-corrected chi connectivity index (χ1v) is 11.6. The second-order valence-electron chi connectivity index (χ2n) is 6.95. The van der Waals surface area contributed by atoms with Gasteiger partial charge in [-0.3, -0.25) is 4.79 Å². The Balaban J connectivity index is 1.63.